The van der Waals surface area contributed by atoms with Crippen molar-refractivity contribution in [2.24, 2.45) is 0 Å². The number of urea groups is 1. The van der Waals surface area contributed by atoms with Crippen LogP contribution >= 0.6 is 0 Å². The van der Waals surface area contributed by atoms with Gasteiger partial charge in [-0.05, 0) is 24.6 Å². The maximum Gasteiger partial charge on any atom is 0.319 e. The fourth-order valence-electron chi connectivity index (χ4n) is 1.53. The number of anilines is 1. The van der Waals surface area contributed by atoms with E-state index in [1.165, 1.54) is 7.05 Å². The summed E-state index contributed by atoms with van der Waals surface area (Å²) in [7, 11) is 1.49. The van der Waals surface area contributed by atoms with E-state index in [9.17, 15) is 14.4 Å². The molecule has 0 aromatic heterocycles. The molecule has 0 aliphatic rings. The zero-order valence-corrected chi connectivity index (χ0v) is 11.3. The SMILES string of the molecule is CNC(=O)C(C)NC(=O)Nc1ccc(CC(=O)O)cc1. The molecule has 0 fully saturated rings. The lowest BCUT2D eigenvalue weighted by atomic mass is 10.1. The number of carboxylic acids is 1. The fourth-order valence-corrected chi connectivity index (χ4v) is 1.53. The summed E-state index contributed by atoms with van der Waals surface area (Å²) in [5.41, 5.74) is 1.16. The minimum Gasteiger partial charge on any atom is -0.481 e. The fraction of sp³-hybridized carbons (Fsp3) is 0.308. The van der Waals surface area contributed by atoms with Crippen molar-refractivity contribution in [1.29, 1.82) is 0 Å². The molecule has 1 aromatic rings. The van der Waals surface area contributed by atoms with Crippen molar-refractivity contribution in [3.63, 3.8) is 0 Å². The van der Waals surface area contributed by atoms with E-state index in [4.69, 9.17) is 5.11 Å². The first-order chi connectivity index (χ1) is 9.42. The summed E-state index contributed by atoms with van der Waals surface area (Å²) >= 11 is 0. The van der Waals surface area contributed by atoms with Crippen LogP contribution in [0.15, 0.2) is 24.3 Å². The predicted octanol–water partition coefficient (Wildman–Crippen LogP) is 0.570. The number of carboxylic acid groups (broad SMARTS) is 1. The molecule has 20 heavy (non-hydrogen) atoms. The van der Waals surface area contributed by atoms with Gasteiger partial charge < -0.3 is 21.1 Å². The van der Waals surface area contributed by atoms with E-state index in [0.29, 0.717) is 11.3 Å². The molecule has 7 nitrogen and oxygen atoms in total. The first-order valence-electron chi connectivity index (χ1n) is 6.02. The van der Waals surface area contributed by atoms with Crippen LogP contribution in [0.3, 0.4) is 0 Å². The Morgan fingerprint density at radius 1 is 1.20 bits per heavy atom. The second-order valence-corrected chi connectivity index (χ2v) is 4.20. The number of likely N-dealkylation sites (N-methyl/N-ethyl adjacent to an activating group) is 1. The van der Waals surface area contributed by atoms with Crippen LogP contribution in [-0.2, 0) is 16.0 Å². The zero-order chi connectivity index (χ0) is 15.1. The number of benzene rings is 1. The number of hydrogen-bond acceptors (Lipinski definition) is 3. The Hall–Kier alpha value is -2.57. The van der Waals surface area contributed by atoms with Crippen LogP contribution in [0.25, 0.3) is 0 Å². The van der Waals surface area contributed by atoms with Gasteiger partial charge in [0.15, 0.2) is 0 Å². The molecule has 0 spiro atoms. The quantitative estimate of drug-likeness (QED) is 0.632. The van der Waals surface area contributed by atoms with Crippen molar-refractivity contribution in [2.45, 2.75) is 19.4 Å². The summed E-state index contributed by atoms with van der Waals surface area (Å²) in [4.78, 5) is 33.4. The normalized spacial score (nSPS) is 11.3. The summed E-state index contributed by atoms with van der Waals surface area (Å²) in [5.74, 6) is -1.21. The highest BCUT2D eigenvalue weighted by Gasteiger charge is 2.13. The number of carbonyl (C=O) groups is 3. The van der Waals surface area contributed by atoms with Crippen LogP contribution in [0.1, 0.15) is 12.5 Å². The minimum atomic E-state index is -0.914. The van der Waals surface area contributed by atoms with Crippen LogP contribution in [0.2, 0.25) is 0 Å². The topological polar surface area (TPSA) is 108 Å². The largest absolute Gasteiger partial charge is 0.481 e. The van der Waals surface area contributed by atoms with Crippen LogP contribution in [0.5, 0.6) is 0 Å². The lowest BCUT2D eigenvalue weighted by Crippen LogP contribution is -2.45. The number of carbonyl (C=O) groups excluding carboxylic acids is 2. The van der Waals surface area contributed by atoms with Gasteiger partial charge in [0.2, 0.25) is 5.91 Å². The van der Waals surface area contributed by atoms with Crippen LogP contribution < -0.4 is 16.0 Å². The lowest BCUT2D eigenvalue weighted by Gasteiger charge is -2.13. The molecule has 0 bridgehead atoms. The summed E-state index contributed by atoms with van der Waals surface area (Å²) < 4.78 is 0. The highest BCUT2D eigenvalue weighted by atomic mass is 16.4. The van der Waals surface area contributed by atoms with Crippen molar-refractivity contribution >= 4 is 23.6 Å². The molecule has 0 saturated heterocycles. The molecule has 0 aliphatic heterocycles. The molecule has 1 unspecified atom stereocenters. The Bertz CT molecular complexity index is 499. The van der Waals surface area contributed by atoms with Crippen molar-refractivity contribution in [2.75, 3.05) is 12.4 Å². The minimum absolute atomic E-state index is 0.0693. The third-order valence-electron chi connectivity index (χ3n) is 2.55. The Kier molecular flexibility index (Phi) is 5.52. The van der Waals surface area contributed by atoms with Gasteiger partial charge in [-0.2, -0.15) is 0 Å². The third-order valence-corrected chi connectivity index (χ3v) is 2.55. The van der Waals surface area contributed by atoms with Crippen LogP contribution in [0, 0.1) is 0 Å². The molecule has 1 aromatic carbocycles. The highest BCUT2D eigenvalue weighted by Crippen LogP contribution is 2.10. The number of amides is 3. The standard InChI is InChI=1S/C13H17N3O4/c1-8(12(19)14-2)15-13(20)16-10-5-3-9(4-6-10)7-11(17)18/h3-6,8H,7H2,1-2H3,(H,14,19)(H,17,18)(H2,15,16,20). The number of hydrogen-bond donors (Lipinski definition) is 4. The Morgan fingerprint density at radius 2 is 1.80 bits per heavy atom. The van der Waals surface area contributed by atoms with E-state index >= 15 is 0 Å². The van der Waals surface area contributed by atoms with Gasteiger partial charge in [-0.1, -0.05) is 12.1 Å². The smallest absolute Gasteiger partial charge is 0.319 e. The van der Waals surface area contributed by atoms with Gasteiger partial charge in [0.1, 0.15) is 6.04 Å². The Morgan fingerprint density at radius 3 is 2.30 bits per heavy atom. The summed E-state index contributed by atoms with van der Waals surface area (Å²) in [6.07, 6.45) is -0.0693. The lowest BCUT2D eigenvalue weighted by molar-refractivity contribution is -0.136. The summed E-state index contributed by atoms with van der Waals surface area (Å²) in [5, 5.41) is 16.1. The third kappa shape index (κ3) is 4.97. The van der Waals surface area contributed by atoms with E-state index in [-0.39, 0.29) is 12.3 Å². The maximum atomic E-state index is 11.6. The first-order valence-corrected chi connectivity index (χ1v) is 6.02. The van der Waals surface area contributed by atoms with E-state index < -0.39 is 18.0 Å². The zero-order valence-electron chi connectivity index (χ0n) is 11.3. The van der Waals surface area contributed by atoms with E-state index in [2.05, 4.69) is 16.0 Å². The summed E-state index contributed by atoms with van der Waals surface area (Å²) in [6.45, 7) is 1.56. The van der Waals surface area contributed by atoms with Gasteiger partial charge in [0.05, 0.1) is 6.42 Å². The van der Waals surface area contributed by atoms with E-state index in [1.807, 2.05) is 0 Å². The number of rotatable bonds is 5. The molecule has 1 rings (SSSR count). The molecule has 108 valence electrons. The highest BCUT2D eigenvalue weighted by molar-refractivity contribution is 5.93. The van der Waals surface area contributed by atoms with Gasteiger partial charge >= 0.3 is 12.0 Å². The van der Waals surface area contributed by atoms with Crippen molar-refractivity contribution < 1.29 is 19.5 Å². The average molecular weight is 279 g/mol. The van der Waals surface area contributed by atoms with Gasteiger partial charge in [0.25, 0.3) is 0 Å². The maximum absolute atomic E-state index is 11.6. The molecule has 0 heterocycles. The van der Waals surface area contributed by atoms with Crippen LogP contribution in [0.4, 0.5) is 10.5 Å². The predicted molar refractivity (Wildman–Crippen MR) is 73.5 cm³/mol. The van der Waals surface area contributed by atoms with Crippen molar-refractivity contribution in [3.8, 4) is 0 Å². The van der Waals surface area contributed by atoms with Gasteiger partial charge in [-0.15, -0.1) is 0 Å². The van der Waals surface area contributed by atoms with Crippen molar-refractivity contribution in [1.82, 2.24) is 10.6 Å². The molecule has 1 atom stereocenters. The second kappa shape index (κ2) is 7.13. The van der Waals surface area contributed by atoms with Gasteiger partial charge in [-0.3, -0.25) is 9.59 Å². The average Bonchev–Trinajstić information content (AvgIpc) is 2.39. The first kappa shape index (κ1) is 15.5. The van der Waals surface area contributed by atoms with E-state index in [1.54, 1.807) is 31.2 Å². The second-order valence-electron chi connectivity index (χ2n) is 4.20. The molecular weight excluding hydrogens is 262 g/mol. The summed E-state index contributed by atoms with van der Waals surface area (Å²) in [6, 6.07) is 5.28. The van der Waals surface area contributed by atoms with Gasteiger partial charge in [-0.25, -0.2) is 4.79 Å². The number of nitrogens with one attached hydrogen (secondary N) is 3. The van der Waals surface area contributed by atoms with E-state index in [0.717, 1.165) is 0 Å². The molecule has 7 heteroatoms. The monoisotopic (exact) mass is 279 g/mol. The van der Waals surface area contributed by atoms with Crippen LogP contribution in [-0.4, -0.2) is 36.1 Å². The Balaban J connectivity index is 2.54. The molecule has 4 N–H and O–H groups in total. The molecule has 0 saturated carbocycles. The molecular formula is C13H17N3O4. The van der Waals surface area contributed by atoms with Crippen molar-refractivity contribution in [3.05, 3.63) is 29.8 Å². The number of aliphatic carboxylic acids is 1. The molecule has 0 radical (unpaired) electrons. The Labute approximate surface area is 116 Å². The molecule has 0 aliphatic carbocycles. The molecule has 3 amide bonds. The van der Waals surface area contributed by atoms with Gasteiger partial charge in [0, 0.05) is 12.7 Å².